The van der Waals surface area contributed by atoms with Crippen molar-refractivity contribution in [1.29, 1.82) is 0 Å². The molecule has 2 aromatic carbocycles. The number of benzene rings is 2. The van der Waals surface area contributed by atoms with Gasteiger partial charge >= 0.3 is 0 Å². The quantitative estimate of drug-likeness (QED) is 0.398. The molecule has 0 spiro atoms. The molecule has 5 aromatic rings. The van der Waals surface area contributed by atoms with Gasteiger partial charge in [-0.15, -0.1) is 0 Å². The fourth-order valence-corrected chi connectivity index (χ4v) is 4.24. The highest BCUT2D eigenvalue weighted by atomic mass is 16.5. The zero-order valence-electron chi connectivity index (χ0n) is 18.1. The van der Waals surface area contributed by atoms with Crippen molar-refractivity contribution in [2.75, 3.05) is 0 Å². The van der Waals surface area contributed by atoms with Crippen LogP contribution in [0.1, 0.15) is 43.9 Å². The molecule has 6 nitrogen and oxygen atoms in total. The Labute approximate surface area is 180 Å². The summed E-state index contributed by atoms with van der Waals surface area (Å²) in [6.07, 6.45) is 5.49. The molecule has 3 heterocycles. The molecule has 0 amide bonds. The highest BCUT2D eigenvalue weighted by Gasteiger charge is 2.19. The molecule has 1 atom stereocenters. The van der Waals surface area contributed by atoms with Crippen LogP contribution < -0.4 is 4.74 Å². The topological polar surface area (TPSA) is 68.6 Å². The first-order valence-corrected chi connectivity index (χ1v) is 10.5. The second kappa shape index (κ2) is 7.54. The number of nitrogens with one attached hydrogen (secondary N) is 1. The van der Waals surface area contributed by atoms with Crippen molar-refractivity contribution in [3.63, 3.8) is 0 Å². The second-order valence-corrected chi connectivity index (χ2v) is 8.24. The molecule has 0 bridgehead atoms. The van der Waals surface area contributed by atoms with Gasteiger partial charge in [-0.25, -0.2) is 0 Å². The lowest BCUT2D eigenvalue weighted by Gasteiger charge is -2.22. The number of ether oxygens (including phenoxy) is 1. The number of aromatic nitrogens is 5. The van der Waals surface area contributed by atoms with Crippen molar-refractivity contribution >= 4 is 21.8 Å². The summed E-state index contributed by atoms with van der Waals surface area (Å²) >= 11 is 0. The van der Waals surface area contributed by atoms with E-state index in [9.17, 15) is 0 Å². The summed E-state index contributed by atoms with van der Waals surface area (Å²) in [5, 5.41) is 14.0. The molecule has 0 fully saturated rings. The first-order chi connectivity index (χ1) is 15.0. The Morgan fingerprint density at radius 3 is 2.68 bits per heavy atom. The van der Waals surface area contributed by atoms with Gasteiger partial charge in [-0.2, -0.15) is 10.2 Å². The van der Waals surface area contributed by atoms with Crippen molar-refractivity contribution in [1.82, 2.24) is 25.0 Å². The lowest BCUT2D eigenvalue weighted by molar-refractivity contribution is 0.227. The van der Waals surface area contributed by atoms with Crippen LogP contribution >= 0.6 is 0 Å². The van der Waals surface area contributed by atoms with Gasteiger partial charge in [0.05, 0.1) is 17.2 Å². The predicted molar refractivity (Wildman–Crippen MR) is 123 cm³/mol. The fraction of sp³-hybridized carbons (Fsp3) is 0.240. The Morgan fingerprint density at radius 1 is 1.03 bits per heavy atom. The lowest BCUT2D eigenvalue weighted by Crippen LogP contribution is -2.08. The summed E-state index contributed by atoms with van der Waals surface area (Å²) in [7, 11) is 1.90. The Kier molecular flexibility index (Phi) is 4.70. The number of fused-ring (bicyclic) bond motifs is 2. The second-order valence-electron chi connectivity index (χ2n) is 8.24. The molecule has 5 rings (SSSR count). The molecule has 6 heteroatoms. The molecule has 0 aliphatic carbocycles. The minimum atomic E-state index is -0.128. The molecule has 0 saturated carbocycles. The third-order valence-electron chi connectivity index (χ3n) is 5.71. The molecule has 156 valence electrons. The molecule has 3 aromatic heterocycles. The zero-order valence-corrected chi connectivity index (χ0v) is 18.1. The molecular formula is C25H25N5O. The summed E-state index contributed by atoms with van der Waals surface area (Å²) in [6.45, 7) is 6.53. The Morgan fingerprint density at radius 2 is 1.90 bits per heavy atom. The van der Waals surface area contributed by atoms with E-state index in [1.54, 1.807) is 4.68 Å². The first-order valence-electron chi connectivity index (χ1n) is 10.5. The van der Waals surface area contributed by atoms with Crippen LogP contribution in [0.4, 0.5) is 0 Å². The number of nitrogens with zero attached hydrogens (tertiary/aromatic N) is 4. The van der Waals surface area contributed by atoms with E-state index in [0.29, 0.717) is 5.92 Å². The summed E-state index contributed by atoms with van der Waals surface area (Å²) in [6, 6.07) is 14.4. The van der Waals surface area contributed by atoms with E-state index in [1.165, 1.54) is 11.1 Å². The van der Waals surface area contributed by atoms with Gasteiger partial charge in [0.1, 0.15) is 17.5 Å². The van der Waals surface area contributed by atoms with Crippen LogP contribution in [0, 0.1) is 0 Å². The largest absolute Gasteiger partial charge is 0.486 e. The number of rotatable bonds is 5. The molecular weight excluding hydrogens is 386 g/mol. The fourth-order valence-electron chi connectivity index (χ4n) is 4.24. The normalized spacial score (nSPS) is 12.7. The average molecular weight is 412 g/mol. The monoisotopic (exact) mass is 411 g/mol. The van der Waals surface area contributed by atoms with Crippen LogP contribution in [-0.2, 0) is 7.05 Å². The summed E-state index contributed by atoms with van der Waals surface area (Å²) < 4.78 is 8.26. The van der Waals surface area contributed by atoms with Gasteiger partial charge in [-0.1, -0.05) is 26.0 Å². The summed E-state index contributed by atoms with van der Waals surface area (Å²) in [5.41, 5.74) is 6.28. The molecule has 1 unspecified atom stereocenters. The van der Waals surface area contributed by atoms with Crippen LogP contribution in [0.15, 0.2) is 61.1 Å². The third kappa shape index (κ3) is 3.44. The van der Waals surface area contributed by atoms with Crippen LogP contribution in [0.2, 0.25) is 0 Å². The van der Waals surface area contributed by atoms with Crippen LogP contribution in [-0.4, -0.2) is 25.0 Å². The van der Waals surface area contributed by atoms with E-state index in [1.807, 2.05) is 43.8 Å². The smallest absolute Gasteiger partial charge is 0.122 e. The van der Waals surface area contributed by atoms with Crippen molar-refractivity contribution < 1.29 is 4.74 Å². The predicted octanol–water partition coefficient (Wildman–Crippen LogP) is 5.78. The van der Waals surface area contributed by atoms with E-state index in [0.717, 1.165) is 38.8 Å². The van der Waals surface area contributed by atoms with Gasteiger partial charge in [0.2, 0.25) is 0 Å². The molecule has 1 N–H and O–H groups in total. The minimum Gasteiger partial charge on any atom is -0.486 e. The number of aryl methyl sites for hydroxylation is 1. The molecule has 0 aliphatic heterocycles. The molecule has 0 saturated heterocycles. The highest BCUT2D eigenvalue weighted by Crippen LogP contribution is 2.35. The maximum Gasteiger partial charge on any atom is 0.122 e. The van der Waals surface area contributed by atoms with Crippen molar-refractivity contribution in [3.8, 4) is 17.0 Å². The van der Waals surface area contributed by atoms with Gasteiger partial charge in [0, 0.05) is 41.3 Å². The maximum absolute atomic E-state index is 6.48. The van der Waals surface area contributed by atoms with Gasteiger partial charge in [0.25, 0.3) is 0 Å². The van der Waals surface area contributed by atoms with Gasteiger partial charge < -0.3 is 4.74 Å². The minimum absolute atomic E-state index is 0.128. The number of H-pyrrole nitrogens is 1. The van der Waals surface area contributed by atoms with E-state index in [4.69, 9.17) is 4.74 Å². The summed E-state index contributed by atoms with van der Waals surface area (Å²) in [5.74, 6) is 1.20. The number of hydrogen-bond acceptors (Lipinski definition) is 4. The average Bonchev–Trinajstić information content (AvgIpc) is 3.38. The van der Waals surface area contributed by atoms with Crippen LogP contribution in [0.3, 0.4) is 0 Å². The number of pyridine rings is 1. The Balaban J connectivity index is 1.55. The number of aromatic amines is 1. The molecule has 31 heavy (non-hydrogen) atoms. The zero-order chi connectivity index (χ0) is 21.5. The SMILES string of the molecule is CC(C)c1ccc2ncccc2c1C(C)Oc1ccc2[nH]nc(-c3cnn(C)c3)c2c1. The van der Waals surface area contributed by atoms with Gasteiger partial charge in [0.15, 0.2) is 0 Å². The lowest BCUT2D eigenvalue weighted by atomic mass is 9.91. The Bertz CT molecular complexity index is 1380. The van der Waals surface area contributed by atoms with Gasteiger partial charge in [-0.05, 0) is 48.7 Å². The Hall–Kier alpha value is -3.67. The molecule has 0 radical (unpaired) electrons. The van der Waals surface area contributed by atoms with Crippen molar-refractivity contribution in [2.24, 2.45) is 7.05 Å². The van der Waals surface area contributed by atoms with Crippen molar-refractivity contribution in [3.05, 3.63) is 72.2 Å². The highest BCUT2D eigenvalue weighted by molar-refractivity contribution is 5.93. The van der Waals surface area contributed by atoms with Crippen molar-refractivity contribution in [2.45, 2.75) is 32.8 Å². The standard InChI is InChI=1S/C25H25N5O/c1-15(2)19-8-10-22-20(6-5-11-26-22)24(19)16(3)31-18-7-9-23-21(12-18)25(29-28-23)17-13-27-30(4)14-17/h5-16H,1-4H3,(H,28,29). The maximum atomic E-state index is 6.48. The summed E-state index contributed by atoms with van der Waals surface area (Å²) in [4.78, 5) is 4.54. The van der Waals surface area contributed by atoms with E-state index < -0.39 is 0 Å². The van der Waals surface area contributed by atoms with Gasteiger partial charge in [-0.3, -0.25) is 14.8 Å². The van der Waals surface area contributed by atoms with E-state index >= 15 is 0 Å². The van der Waals surface area contributed by atoms with E-state index in [-0.39, 0.29) is 6.10 Å². The van der Waals surface area contributed by atoms with Crippen LogP contribution in [0.5, 0.6) is 5.75 Å². The first kappa shape index (κ1) is 19.3. The third-order valence-corrected chi connectivity index (χ3v) is 5.71. The van der Waals surface area contributed by atoms with Crippen LogP contribution in [0.25, 0.3) is 33.1 Å². The number of hydrogen-bond donors (Lipinski definition) is 1. The molecule has 0 aliphatic rings. The van der Waals surface area contributed by atoms with E-state index in [2.05, 4.69) is 65.3 Å².